The number of nitrogen functional groups attached to an aromatic ring is 1. The topological polar surface area (TPSA) is 97.9 Å². The lowest BCUT2D eigenvalue weighted by Crippen LogP contribution is -2.20. The minimum atomic E-state index is -0.516. The molecule has 0 spiro atoms. The first-order chi connectivity index (χ1) is 14.6. The molecule has 8 heteroatoms. The third kappa shape index (κ3) is 3.02. The van der Waals surface area contributed by atoms with Gasteiger partial charge in [0.15, 0.2) is 5.82 Å². The van der Waals surface area contributed by atoms with Gasteiger partial charge in [-0.25, -0.2) is 19.2 Å². The van der Waals surface area contributed by atoms with Crippen molar-refractivity contribution in [1.29, 1.82) is 0 Å². The Kier molecular flexibility index (Phi) is 4.31. The van der Waals surface area contributed by atoms with Gasteiger partial charge in [0.05, 0.1) is 11.2 Å². The van der Waals surface area contributed by atoms with Crippen LogP contribution >= 0.6 is 0 Å². The summed E-state index contributed by atoms with van der Waals surface area (Å²) in [6.07, 6.45) is 4.52. The Labute approximate surface area is 171 Å². The molecule has 2 aromatic carbocycles. The van der Waals surface area contributed by atoms with Crippen LogP contribution in [0.4, 0.5) is 26.4 Å². The van der Waals surface area contributed by atoms with E-state index in [2.05, 4.69) is 25.2 Å². The zero-order valence-corrected chi connectivity index (χ0v) is 16.0. The Morgan fingerprint density at radius 2 is 1.83 bits per heavy atom. The monoisotopic (exact) mass is 402 g/mol. The summed E-state index contributed by atoms with van der Waals surface area (Å²) in [5.74, 6) is -0.0444. The fourth-order valence-electron chi connectivity index (χ4n) is 4.02. The molecule has 2 heterocycles. The van der Waals surface area contributed by atoms with E-state index in [-0.39, 0.29) is 5.69 Å². The number of anilines is 3. The Bertz CT molecular complexity index is 1260. The van der Waals surface area contributed by atoms with Crippen molar-refractivity contribution in [3.8, 4) is 5.69 Å². The molecule has 0 atom stereocenters. The van der Waals surface area contributed by atoms with Gasteiger partial charge >= 0.3 is 6.03 Å². The number of carbonyl (C=O) groups excluding carboxylic acids is 1. The number of urea groups is 1. The highest BCUT2D eigenvalue weighted by molar-refractivity contribution is 6.00. The summed E-state index contributed by atoms with van der Waals surface area (Å²) in [4.78, 5) is 20.8. The largest absolute Gasteiger partial charge is 0.382 e. The maximum atomic E-state index is 13.7. The van der Waals surface area contributed by atoms with Crippen molar-refractivity contribution in [2.45, 2.75) is 19.3 Å². The number of fused-ring (bicyclic) bond motifs is 3. The molecule has 150 valence electrons. The third-order valence-corrected chi connectivity index (χ3v) is 5.32. The first-order valence-corrected chi connectivity index (χ1v) is 9.67. The number of aromatic nitrogens is 3. The lowest BCUT2D eigenvalue weighted by Gasteiger charge is -2.12. The third-order valence-electron chi connectivity index (χ3n) is 5.32. The maximum Gasteiger partial charge on any atom is 0.323 e. The van der Waals surface area contributed by atoms with Crippen LogP contribution in [0.25, 0.3) is 16.7 Å². The first-order valence-electron chi connectivity index (χ1n) is 9.67. The van der Waals surface area contributed by atoms with E-state index in [1.165, 1.54) is 29.7 Å². The van der Waals surface area contributed by atoms with Crippen molar-refractivity contribution in [3.05, 3.63) is 71.9 Å². The molecule has 1 aliphatic rings. The minimum absolute atomic E-state index is 0.122. The molecule has 7 nitrogen and oxygen atoms in total. The number of carbonyl (C=O) groups is 1. The molecule has 0 radical (unpaired) electrons. The molecular formula is C22H19FN6O. The highest BCUT2D eigenvalue weighted by atomic mass is 19.1. The average molecular weight is 402 g/mol. The van der Waals surface area contributed by atoms with E-state index in [1.54, 1.807) is 24.3 Å². The molecule has 2 aromatic heterocycles. The van der Waals surface area contributed by atoms with E-state index in [9.17, 15) is 9.18 Å². The first kappa shape index (κ1) is 18.1. The van der Waals surface area contributed by atoms with Crippen LogP contribution in [0.5, 0.6) is 0 Å². The predicted molar refractivity (Wildman–Crippen MR) is 114 cm³/mol. The second-order valence-corrected chi connectivity index (χ2v) is 7.18. The van der Waals surface area contributed by atoms with Crippen molar-refractivity contribution >= 4 is 34.3 Å². The number of rotatable bonds is 3. The van der Waals surface area contributed by atoms with Crippen LogP contribution in [-0.4, -0.2) is 20.6 Å². The number of halogens is 1. The minimum Gasteiger partial charge on any atom is -0.382 e. The molecule has 4 aromatic rings. The average Bonchev–Trinajstić information content (AvgIpc) is 3.32. The number of nitrogens with one attached hydrogen (secondary N) is 2. The lowest BCUT2D eigenvalue weighted by molar-refractivity contribution is 0.262. The number of amides is 2. The summed E-state index contributed by atoms with van der Waals surface area (Å²) in [6, 6.07) is 12.9. The molecule has 0 aliphatic heterocycles. The summed E-state index contributed by atoms with van der Waals surface area (Å²) in [6.45, 7) is 0. The van der Waals surface area contributed by atoms with Gasteiger partial charge in [0.25, 0.3) is 0 Å². The SMILES string of the molecule is Nc1ncnc2c3c(n(-c4ccc(NC(=O)Nc5ccccc5F)cc4)c12)CCC3. The van der Waals surface area contributed by atoms with Gasteiger partial charge in [0.2, 0.25) is 0 Å². The van der Waals surface area contributed by atoms with Crippen molar-refractivity contribution in [3.63, 3.8) is 0 Å². The molecule has 1 aliphatic carbocycles. The van der Waals surface area contributed by atoms with Crippen LogP contribution < -0.4 is 16.4 Å². The molecule has 5 rings (SSSR count). The Morgan fingerprint density at radius 1 is 1.03 bits per heavy atom. The zero-order valence-electron chi connectivity index (χ0n) is 16.0. The van der Waals surface area contributed by atoms with Gasteiger partial charge in [-0.3, -0.25) is 0 Å². The lowest BCUT2D eigenvalue weighted by atomic mass is 10.2. The normalized spacial score (nSPS) is 12.7. The number of nitrogens with zero attached hydrogens (tertiary/aromatic N) is 3. The number of hydrogen-bond donors (Lipinski definition) is 3. The van der Waals surface area contributed by atoms with E-state index in [1.807, 2.05) is 12.1 Å². The highest BCUT2D eigenvalue weighted by Gasteiger charge is 2.25. The number of aryl methyl sites for hydroxylation is 1. The quantitative estimate of drug-likeness (QED) is 0.477. The Balaban J connectivity index is 1.43. The highest BCUT2D eigenvalue weighted by Crippen LogP contribution is 2.36. The van der Waals surface area contributed by atoms with Crippen LogP contribution in [0.3, 0.4) is 0 Å². The fraction of sp³-hybridized carbons (Fsp3) is 0.136. The molecule has 0 bridgehead atoms. The molecule has 2 amide bonds. The predicted octanol–water partition coefficient (Wildman–Crippen LogP) is 4.27. The van der Waals surface area contributed by atoms with Gasteiger partial charge in [-0.05, 0) is 61.2 Å². The van der Waals surface area contributed by atoms with Crippen LogP contribution in [0.2, 0.25) is 0 Å². The molecule has 0 fully saturated rings. The molecule has 0 saturated heterocycles. The van der Waals surface area contributed by atoms with Crippen LogP contribution in [0.1, 0.15) is 17.7 Å². The van der Waals surface area contributed by atoms with Crippen LogP contribution in [-0.2, 0) is 12.8 Å². The van der Waals surface area contributed by atoms with Gasteiger partial charge in [-0.15, -0.1) is 0 Å². The van der Waals surface area contributed by atoms with Gasteiger partial charge in [0.1, 0.15) is 17.7 Å². The molecular weight excluding hydrogens is 383 g/mol. The fourth-order valence-corrected chi connectivity index (χ4v) is 4.02. The zero-order chi connectivity index (χ0) is 20.7. The van der Waals surface area contributed by atoms with Gasteiger partial charge in [-0.2, -0.15) is 0 Å². The molecule has 30 heavy (non-hydrogen) atoms. The molecule has 0 unspecified atom stereocenters. The number of para-hydroxylation sites is 1. The summed E-state index contributed by atoms with van der Waals surface area (Å²) in [5, 5.41) is 5.22. The van der Waals surface area contributed by atoms with Crippen molar-refractivity contribution in [2.75, 3.05) is 16.4 Å². The van der Waals surface area contributed by atoms with E-state index in [4.69, 9.17) is 5.73 Å². The standard InChI is InChI=1S/C22H19FN6O/c23-16-5-1-2-6-17(16)28-22(30)27-13-8-10-14(11-9-13)29-18-7-3-4-15(18)19-20(29)21(24)26-12-25-19/h1-2,5-6,8-12H,3-4,7H2,(H2,24,25,26)(H2,27,28,30). The second kappa shape index (κ2) is 7.14. The number of nitrogens with two attached hydrogens (primary N) is 1. The van der Waals surface area contributed by atoms with Crippen LogP contribution in [0, 0.1) is 5.82 Å². The van der Waals surface area contributed by atoms with Crippen molar-refractivity contribution < 1.29 is 9.18 Å². The van der Waals surface area contributed by atoms with E-state index < -0.39 is 11.8 Å². The van der Waals surface area contributed by atoms with E-state index in [0.29, 0.717) is 11.5 Å². The smallest absolute Gasteiger partial charge is 0.323 e. The molecule has 0 saturated carbocycles. The van der Waals surface area contributed by atoms with Gasteiger partial charge in [0, 0.05) is 17.1 Å². The maximum absolute atomic E-state index is 13.7. The Morgan fingerprint density at radius 3 is 2.63 bits per heavy atom. The molecule has 4 N–H and O–H groups in total. The summed E-state index contributed by atoms with van der Waals surface area (Å²) in [7, 11) is 0. The summed E-state index contributed by atoms with van der Waals surface area (Å²) in [5.41, 5.74) is 12.0. The second-order valence-electron chi connectivity index (χ2n) is 7.18. The number of hydrogen-bond acceptors (Lipinski definition) is 4. The summed E-state index contributed by atoms with van der Waals surface area (Å²) >= 11 is 0. The van der Waals surface area contributed by atoms with Crippen molar-refractivity contribution in [1.82, 2.24) is 14.5 Å². The van der Waals surface area contributed by atoms with E-state index >= 15 is 0 Å². The van der Waals surface area contributed by atoms with Gasteiger partial charge < -0.3 is 20.9 Å². The van der Waals surface area contributed by atoms with Gasteiger partial charge in [-0.1, -0.05) is 12.1 Å². The number of benzene rings is 2. The van der Waals surface area contributed by atoms with Crippen LogP contribution in [0.15, 0.2) is 54.9 Å². The van der Waals surface area contributed by atoms with Crippen molar-refractivity contribution in [2.24, 2.45) is 0 Å². The Hall–Kier alpha value is -3.94. The van der Waals surface area contributed by atoms with E-state index in [0.717, 1.165) is 36.0 Å². The summed E-state index contributed by atoms with van der Waals surface area (Å²) < 4.78 is 15.8.